The van der Waals surface area contributed by atoms with Gasteiger partial charge in [0.1, 0.15) is 23.9 Å². The highest BCUT2D eigenvalue weighted by molar-refractivity contribution is 5.84. The number of carbonyl (C=O) groups is 1. The monoisotopic (exact) mass is 352 g/mol. The summed E-state index contributed by atoms with van der Waals surface area (Å²) >= 11 is 0. The zero-order valence-electron chi connectivity index (χ0n) is 15.2. The Labute approximate surface area is 154 Å². The minimum Gasteiger partial charge on any atom is -0.507 e. The van der Waals surface area contributed by atoms with Crippen LogP contribution in [0.15, 0.2) is 42.0 Å². The van der Waals surface area contributed by atoms with Gasteiger partial charge >= 0.3 is 0 Å². The van der Waals surface area contributed by atoms with Crippen LogP contribution in [0, 0.1) is 6.92 Å². The van der Waals surface area contributed by atoms with E-state index in [0.717, 1.165) is 37.0 Å². The number of methoxy groups -OCH3 is 1. The number of aryl methyl sites for hydroxylation is 1. The highest BCUT2D eigenvalue weighted by Gasteiger charge is 2.19. The molecule has 0 atom stereocenters. The number of benzene rings is 2. The molecule has 0 unspecified atom stereocenters. The number of para-hydroxylation sites is 1. The SMILES string of the molecule is COc1ccccc1C1=C(COc2ccc(C)c(O)c2C=O)CCCC1. The number of hydrogen-bond donors (Lipinski definition) is 1. The van der Waals surface area contributed by atoms with Gasteiger partial charge in [-0.1, -0.05) is 24.3 Å². The van der Waals surface area contributed by atoms with Gasteiger partial charge in [0.2, 0.25) is 0 Å². The fraction of sp³-hybridized carbons (Fsp3) is 0.318. The zero-order chi connectivity index (χ0) is 18.5. The Kier molecular flexibility index (Phi) is 5.61. The van der Waals surface area contributed by atoms with E-state index in [2.05, 4.69) is 6.07 Å². The Morgan fingerprint density at radius 2 is 1.85 bits per heavy atom. The molecule has 3 rings (SSSR count). The lowest BCUT2D eigenvalue weighted by Crippen LogP contribution is -2.10. The first-order chi connectivity index (χ1) is 12.7. The van der Waals surface area contributed by atoms with Crippen LogP contribution in [0.3, 0.4) is 0 Å². The van der Waals surface area contributed by atoms with Crippen molar-refractivity contribution >= 4 is 11.9 Å². The lowest BCUT2D eigenvalue weighted by atomic mass is 9.87. The van der Waals surface area contributed by atoms with E-state index in [0.29, 0.717) is 24.2 Å². The number of rotatable bonds is 6. The minimum atomic E-state index is -0.0138. The predicted molar refractivity (Wildman–Crippen MR) is 102 cm³/mol. The molecule has 0 bridgehead atoms. The summed E-state index contributed by atoms with van der Waals surface area (Å²) < 4.78 is 11.5. The van der Waals surface area contributed by atoms with Gasteiger partial charge in [0, 0.05) is 5.56 Å². The molecule has 0 aliphatic heterocycles. The first kappa shape index (κ1) is 18.1. The topological polar surface area (TPSA) is 55.8 Å². The number of phenolic OH excluding ortho intramolecular Hbond substituents is 1. The average Bonchev–Trinajstić information content (AvgIpc) is 2.69. The van der Waals surface area contributed by atoms with Crippen molar-refractivity contribution in [1.29, 1.82) is 0 Å². The molecule has 136 valence electrons. The third kappa shape index (κ3) is 3.59. The molecule has 1 aliphatic rings. The van der Waals surface area contributed by atoms with Crippen molar-refractivity contribution in [3.05, 3.63) is 58.7 Å². The summed E-state index contributed by atoms with van der Waals surface area (Å²) in [5.74, 6) is 1.27. The molecule has 0 saturated carbocycles. The second kappa shape index (κ2) is 8.09. The third-order valence-electron chi connectivity index (χ3n) is 4.91. The second-order valence-electron chi connectivity index (χ2n) is 6.54. The quantitative estimate of drug-likeness (QED) is 0.749. The van der Waals surface area contributed by atoms with Crippen LogP contribution in [0.25, 0.3) is 5.57 Å². The van der Waals surface area contributed by atoms with Crippen LogP contribution in [0.4, 0.5) is 0 Å². The van der Waals surface area contributed by atoms with E-state index in [9.17, 15) is 9.90 Å². The van der Waals surface area contributed by atoms with Crippen LogP contribution in [0.2, 0.25) is 0 Å². The van der Waals surface area contributed by atoms with E-state index >= 15 is 0 Å². The van der Waals surface area contributed by atoms with E-state index in [4.69, 9.17) is 9.47 Å². The van der Waals surface area contributed by atoms with E-state index in [1.54, 1.807) is 26.2 Å². The van der Waals surface area contributed by atoms with E-state index in [1.165, 1.54) is 11.1 Å². The molecule has 2 aromatic carbocycles. The fourth-order valence-corrected chi connectivity index (χ4v) is 3.45. The molecular formula is C22H24O4. The maximum absolute atomic E-state index is 11.4. The maximum atomic E-state index is 11.4. The summed E-state index contributed by atoms with van der Waals surface area (Å²) in [6, 6.07) is 11.5. The predicted octanol–water partition coefficient (Wildman–Crippen LogP) is 4.93. The summed E-state index contributed by atoms with van der Waals surface area (Å²) in [5.41, 5.74) is 4.46. The van der Waals surface area contributed by atoms with Crippen molar-refractivity contribution in [2.24, 2.45) is 0 Å². The number of phenols is 1. The molecule has 0 fully saturated rings. The van der Waals surface area contributed by atoms with Gasteiger partial charge in [-0.3, -0.25) is 4.79 Å². The molecule has 26 heavy (non-hydrogen) atoms. The average molecular weight is 352 g/mol. The van der Waals surface area contributed by atoms with Gasteiger partial charge in [0.05, 0.1) is 12.7 Å². The van der Waals surface area contributed by atoms with Crippen LogP contribution in [0.1, 0.15) is 47.2 Å². The summed E-state index contributed by atoms with van der Waals surface area (Å²) in [5, 5.41) is 10.1. The van der Waals surface area contributed by atoms with Gasteiger partial charge in [0.15, 0.2) is 6.29 Å². The normalized spacial score (nSPS) is 14.2. The fourth-order valence-electron chi connectivity index (χ4n) is 3.45. The molecule has 0 aromatic heterocycles. The van der Waals surface area contributed by atoms with Crippen LogP contribution in [-0.2, 0) is 0 Å². The van der Waals surface area contributed by atoms with Crippen molar-refractivity contribution in [3.8, 4) is 17.2 Å². The maximum Gasteiger partial charge on any atom is 0.157 e. The largest absolute Gasteiger partial charge is 0.507 e. The zero-order valence-corrected chi connectivity index (χ0v) is 15.2. The Bertz CT molecular complexity index is 836. The number of carbonyl (C=O) groups excluding carboxylic acids is 1. The molecule has 4 heteroatoms. The Morgan fingerprint density at radius 3 is 2.62 bits per heavy atom. The first-order valence-electron chi connectivity index (χ1n) is 8.90. The molecule has 0 heterocycles. The Morgan fingerprint density at radius 1 is 1.08 bits per heavy atom. The van der Waals surface area contributed by atoms with Gasteiger partial charge in [-0.25, -0.2) is 0 Å². The summed E-state index contributed by atoms with van der Waals surface area (Å²) in [4.78, 5) is 11.4. The van der Waals surface area contributed by atoms with Crippen molar-refractivity contribution in [2.75, 3.05) is 13.7 Å². The van der Waals surface area contributed by atoms with E-state index < -0.39 is 0 Å². The molecule has 0 radical (unpaired) electrons. The number of allylic oxidation sites excluding steroid dienone is 1. The highest BCUT2D eigenvalue weighted by atomic mass is 16.5. The lowest BCUT2D eigenvalue weighted by molar-refractivity contribution is 0.111. The van der Waals surface area contributed by atoms with Crippen molar-refractivity contribution in [2.45, 2.75) is 32.6 Å². The van der Waals surface area contributed by atoms with Gasteiger partial charge in [-0.2, -0.15) is 0 Å². The Hall–Kier alpha value is -2.75. The smallest absolute Gasteiger partial charge is 0.157 e. The van der Waals surface area contributed by atoms with E-state index in [1.807, 2.05) is 18.2 Å². The van der Waals surface area contributed by atoms with Gasteiger partial charge in [-0.05, 0) is 61.4 Å². The third-order valence-corrected chi connectivity index (χ3v) is 4.91. The van der Waals surface area contributed by atoms with Crippen molar-refractivity contribution < 1.29 is 19.4 Å². The lowest BCUT2D eigenvalue weighted by Gasteiger charge is -2.23. The number of aromatic hydroxyl groups is 1. The molecule has 0 saturated heterocycles. The van der Waals surface area contributed by atoms with Gasteiger partial charge in [-0.15, -0.1) is 0 Å². The highest BCUT2D eigenvalue weighted by Crippen LogP contribution is 2.37. The van der Waals surface area contributed by atoms with Crippen LogP contribution in [-0.4, -0.2) is 25.1 Å². The van der Waals surface area contributed by atoms with Crippen LogP contribution >= 0.6 is 0 Å². The second-order valence-corrected chi connectivity index (χ2v) is 6.54. The summed E-state index contributed by atoms with van der Waals surface area (Å²) in [6.07, 6.45) is 4.85. The molecule has 1 aliphatic carbocycles. The van der Waals surface area contributed by atoms with Crippen LogP contribution < -0.4 is 9.47 Å². The number of hydrogen-bond acceptors (Lipinski definition) is 4. The minimum absolute atomic E-state index is 0.0138. The molecule has 1 N–H and O–H groups in total. The Balaban J connectivity index is 1.91. The number of ether oxygens (including phenoxy) is 2. The molecule has 0 amide bonds. The number of aldehydes is 1. The van der Waals surface area contributed by atoms with Crippen LogP contribution in [0.5, 0.6) is 17.2 Å². The van der Waals surface area contributed by atoms with Crippen molar-refractivity contribution in [1.82, 2.24) is 0 Å². The van der Waals surface area contributed by atoms with Crippen molar-refractivity contribution in [3.63, 3.8) is 0 Å². The van der Waals surface area contributed by atoms with Gasteiger partial charge < -0.3 is 14.6 Å². The molecular weight excluding hydrogens is 328 g/mol. The molecule has 4 nitrogen and oxygen atoms in total. The summed E-state index contributed by atoms with van der Waals surface area (Å²) in [6.45, 7) is 2.16. The van der Waals surface area contributed by atoms with Gasteiger partial charge in [0.25, 0.3) is 0 Å². The molecule has 0 spiro atoms. The first-order valence-corrected chi connectivity index (χ1v) is 8.90. The molecule has 2 aromatic rings. The van der Waals surface area contributed by atoms with E-state index in [-0.39, 0.29) is 11.3 Å². The standard InChI is InChI=1S/C22H24O4/c1-15-11-12-21(19(13-23)22(15)24)26-14-16-7-3-4-8-17(16)18-9-5-6-10-20(18)25-2/h5-6,9-13,24H,3-4,7-8,14H2,1-2H3. The summed E-state index contributed by atoms with van der Waals surface area (Å²) in [7, 11) is 1.68.